The van der Waals surface area contributed by atoms with Crippen LogP contribution in [0.3, 0.4) is 0 Å². The van der Waals surface area contributed by atoms with E-state index in [1.165, 1.54) is 11.8 Å². The third-order valence-electron chi connectivity index (χ3n) is 3.79. The van der Waals surface area contributed by atoms with Crippen LogP contribution >= 0.6 is 11.8 Å². The Balaban J connectivity index is 1.74. The van der Waals surface area contributed by atoms with Crippen LogP contribution in [0.15, 0.2) is 53.4 Å². The molecule has 0 atom stereocenters. The van der Waals surface area contributed by atoms with Gasteiger partial charge in [-0.3, -0.25) is 14.4 Å². The molecule has 0 saturated carbocycles. The Kier molecular flexibility index (Phi) is 8.55. The first-order valence-electron chi connectivity index (χ1n) is 8.88. The molecule has 0 unspecified atom stereocenters. The van der Waals surface area contributed by atoms with Gasteiger partial charge in [0.15, 0.2) is 12.4 Å². The van der Waals surface area contributed by atoms with Crippen molar-refractivity contribution in [1.82, 2.24) is 0 Å². The van der Waals surface area contributed by atoms with Crippen LogP contribution in [0.4, 0.5) is 5.69 Å². The molecule has 148 valence electrons. The second-order valence-corrected chi connectivity index (χ2v) is 6.64. The molecule has 2 aromatic carbocycles. The van der Waals surface area contributed by atoms with Gasteiger partial charge in [-0.25, -0.2) is 0 Å². The quantitative estimate of drug-likeness (QED) is 0.369. The molecule has 0 radical (unpaired) electrons. The van der Waals surface area contributed by atoms with Gasteiger partial charge < -0.3 is 14.8 Å². The van der Waals surface area contributed by atoms with E-state index in [9.17, 15) is 14.4 Å². The van der Waals surface area contributed by atoms with Gasteiger partial charge in [0.2, 0.25) is 0 Å². The molecule has 7 heteroatoms. The fraction of sp³-hybridized carbons (Fsp3) is 0.286. The van der Waals surface area contributed by atoms with Crippen LogP contribution in [-0.2, 0) is 14.3 Å². The Labute approximate surface area is 168 Å². The maximum Gasteiger partial charge on any atom is 0.306 e. The lowest BCUT2D eigenvalue weighted by Crippen LogP contribution is -2.21. The largest absolute Gasteiger partial charge is 0.494 e. The minimum Gasteiger partial charge on any atom is -0.494 e. The normalized spacial score (nSPS) is 10.2. The summed E-state index contributed by atoms with van der Waals surface area (Å²) in [6.45, 7) is 2.04. The van der Waals surface area contributed by atoms with Gasteiger partial charge in [-0.15, -0.1) is 11.8 Å². The van der Waals surface area contributed by atoms with Crippen molar-refractivity contribution in [1.29, 1.82) is 0 Å². The Bertz CT molecular complexity index is 820. The Morgan fingerprint density at radius 1 is 1.00 bits per heavy atom. The monoisotopic (exact) mass is 401 g/mol. The van der Waals surface area contributed by atoms with E-state index in [1.54, 1.807) is 30.3 Å². The zero-order valence-corrected chi connectivity index (χ0v) is 16.7. The minimum absolute atomic E-state index is 0.0176. The number of ether oxygens (including phenoxy) is 2. The van der Waals surface area contributed by atoms with Gasteiger partial charge in [-0.1, -0.05) is 12.1 Å². The molecule has 1 N–H and O–H groups in total. The van der Waals surface area contributed by atoms with Crippen molar-refractivity contribution in [2.45, 2.75) is 24.7 Å². The van der Waals surface area contributed by atoms with Gasteiger partial charge in [-0.05, 0) is 49.6 Å². The number of hydrogen-bond acceptors (Lipinski definition) is 6. The van der Waals surface area contributed by atoms with E-state index in [0.29, 0.717) is 23.6 Å². The smallest absolute Gasteiger partial charge is 0.306 e. The number of nitrogens with one attached hydrogen (secondary N) is 1. The van der Waals surface area contributed by atoms with E-state index in [4.69, 9.17) is 9.47 Å². The lowest BCUT2D eigenvalue weighted by atomic mass is 10.1. The van der Waals surface area contributed by atoms with Crippen LogP contribution in [0, 0.1) is 0 Å². The predicted molar refractivity (Wildman–Crippen MR) is 109 cm³/mol. The highest BCUT2D eigenvalue weighted by Crippen LogP contribution is 2.24. The van der Waals surface area contributed by atoms with Crippen molar-refractivity contribution < 1.29 is 23.9 Å². The molecule has 0 bridgehead atoms. The summed E-state index contributed by atoms with van der Waals surface area (Å²) in [6, 6.07) is 14.1. The summed E-state index contributed by atoms with van der Waals surface area (Å²) >= 11 is 1.51. The molecule has 0 aromatic heterocycles. The summed E-state index contributed by atoms with van der Waals surface area (Å²) in [4.78, 5) is 36.8. The van der Waals surface area contributed by atoms with Crippen molar-refractivity contribution in [3.8, 4) is 5.75 Å². The Hall–Kier alpha value is -2.80. The maximum absolute atomic E-state index is 12.1. The summed E-state index contributed by atoms with van der Waals surface area (Å²) in [5, 5.41) is 2.71. The lowest BCUT2D eigenvalue weighted by molar-refractivity contribution is -0.147. The summed E-state index contributed by atoms with van der Waals surface area (Å²) in [7, 11) is 0. The molecular formula is C21H23NO5S. The topological polar surface area (TPSA) is 81.7 Å². The zero-order valence-electron chi connectivity index (χ0n) is 15.9. The van der Waals surface area contributed by atoms with Gasteiger partial charge in [0.05, 0.1) is 18.7 Å². The fourth-order valence-electron chi connectivity index (χ4n) is 2.42. The second-order valence-electron chi connectivity index (χ2n) is 5.79. The van der Waals surface area contributed by atoms with E-state index >= 15 is 0 Å². The number of ketones is 1. The highest BCUT2D eigenvalue weighted by atomic mass is 32.2. The number of para-hydroxylation sites is 1. The second kappa shape index (κ2) is 11.1. The van der Waals surface area contributed by atoms with E-state index < -0.39 is 18.5 Å². The average Bonchev–Trinajstić information content (AvgIpc) is 2.71. The minimum atomic E-state index is -0.590. The van der Waals surface area contributed by atoms with E-state index in [-0.39, 0.29) is 18.6 Å². The van der Waals surface area contributed by atoms with Crippen molar-refractivity contribution in [3.05, 3.63) is 54.1 Å². The highest BCUT2D eigenvalue weighted by molar-refractivity contribution is 7.98. The van der Waals surface area contributed by atoms with Crippen LogP contribution in [-0.4, -0.2) is 37.1 Å². The van der Waals surface area contributed by atoms with Gasteiger partial charge in [0.25, 0.3) is 5.91 Å². The number of carbonyl (C=O) groups excluding carboxylic acids is 3. The molecule has 0 spiro atoms. The first kappa shape index (κ1) is 21.5. The van der Waals surface area contributed by atoms with E-state index in [2.05, 4.69) is 5.32 Å². The van der Waals surface area contributed by atoms with Crippen molar-refractivity contribution in [3.63, 3.8) is 0 Å². The summed E-state index contributed by atoms with van der Waals surface area (Å²) in [5.74, 6) is -0.494. The first-order chi connectivity index (χ1) is 13.5. The Morgan fingerprint density at radius 2 is 1.71 bits per heavy atom. The SMILES string of the molecule is CCOc1ccc(C(=O)CCC(=O)OCC(=O)Nc2ccccc2SC)cc1. The van der Waals surface area contributed by atoms with Gasteiger partial charge >= 0.3 is 5.97 Å². The van der Waals surface area contributed by atoms with Crippen molar-refractivity contribution in [2.75, 3.05) is 24.8 Å². The third kappa shape index (κ3) is 6.74. The molecular weight excluding hydrogens is 378 g/mol. The Morgan fingerprint density at radius 3 is 2.39 bits per heavy atom. The standard InChI is InChI=1S/C21H23NO5S/c1-3-26-16-10-8-15(9-11-16)18(23)12-13-21(25)27-14-20(24)22-17-6-4-5-7-19(17)28-2/h4-11H,3,12-14H2,1-2H3,(H,22,24). The number of Topliss-reactive ketones (excluding diaryl/α,β-unsaturated/α-hetero) is 1. The van der Waals surface area contributed by atoms with Crippen molar-refractivity contribution in [2.24, 2.45) is 0 Å². The van der Waals surface area contributed by atoms with Crippen LogP contribution in [0.25, 0.3) is 0 Å². The molecule has 1 amide bonds. The van der Waals surface area contributed by atoms with Crippen molar-refractivity contribution >= 4 is 35.1 Å². The summed E-state index contributed by atoms with van der Waals surface area (Å²) in [5.41, 5.74) is 1.17. The zero-order chi connectivity index (χ0) is 20.4. The van der Waals surface area contributed by atoms with Gasteiger partial charge in [0.1, 0.15) is 5.75 Å². The third-order valence-corrected chi connectivity index (χ3v) is 4.58. The maximum atomic E-state index is 12.1. The molecule has 0 aliphatic rings. The average molecular weight is 401 g/mol. The van der Waals surface area contributed by atoms with Gasteiger partial charge in [0, 0.05) is 16.9 Å². The number of esters is 1. The molecule has 0 saturated heterocycles. The summed E-state index contributed by atoms with van der Waals surface area (Å²) in [6.07, 6.45) is 1.84. The van der Waals surface area contributed by atoms with E-state index in [0.717, 1.165) is 4.90 Å². The number of thioether (sulfide) groups is 1. The lowest BCUT2D eigenvalue weighted by Gasteiger charge is -2.09. The molecule has 0 fully saturated rings. The van der Waals surface area contributed by atoms with Crippen LogP contribution in [0.5, 0.6) is 5.75 Å². The highest BCUT2D eigenvalue weighted by Gasteiger charge is 2.13. The molecule has 6 nitrogen and oxygen atoms in total. The van der Waals surface area contributed by atoms with E-state index in [1.807, 2.05) is 31.4 Å². The first-order valence-corrected chi connectivity index (χ1v) is 10.1. The molecule has 28 heavy (non-hydrogen) atoms. The van der Waals surface area contributed by atoms with Crippen LogP contribution in [0.1, 0.15) is 30.1 Å². The molecule has 0 aliphatic carbocycles. The number of amides is 1. The van der Waals surface area contributed by atoms with Crippen LogP contribution in [0.2, 0.25) is 0 Å². The molecule has 0 heterocycles. The number of anilines is 1. The fourth-order valence-corrected chi connectivity index (χ4v) is 2.97. The molecule has 0 aliphatic heterocycles. The molecule has 2 aromatic rings. The number of carbonyl (C=O) groups is 3. The summed E-state index contributed by atoms with van der Waals surface area (Å²) < 4.78 is 10.3. The number of rotatable bonds is 10. The number of benzene rings is 2. The van der Waals surface area contributed by atoms with Crippen LogP contribution < -0.4 is 10.1 Å². The number of hydrogen-bond donors (Lipinski definition) is 1. The molecule has 2 rings (SSSR count). The van der Waals surface area contributed by atoms with Gasteiger partial charge in [-0.2, -0.15) is 0 Å². The predicted octanol–water partition coefficient (Wildman–Crippen LogP) is 3.95.